The molecule has 1 aromatic carbocycles. The summed E-state index contributed by atoms with van der Waals surface area (Å²) in [4.78, 5) is 23.4. The van der Waals surface area contributed by atoms with Crippen molar-refractivity contribution in [2.45, 2.75) is 38.7 Å². The number of imide groups is 1. The van der Waals surface area contributed by atoms with Crippen molar-refractivity contribution in [1.82, 2.24) is 10.6 Å². The van der Waals surface area contributed by atoms with Crippen LogP contribution < -0.4 is 20.7 Å². The quantitative estimate of drug-likeness (QED) is 0.615. The lowest BCUT2D eigenvalue weighted by Crippen LogP contribution is -2.42. The number of rotatable bonds is 8. The number of nitrogens with one attached hydrogen (secondary N) is 3. The molecule has 0 bridgehead atoms. The Bertz CT molecular complexity index is 633. The number of ether oxygens (including phenoxy) is 1. The highest BCUT2D eigenvalue weighted by Gasteiger charge is 2.09. The van der Waals surface area contributed by atoms with Crippen LogP contribution in [0.5, 0.6) is 5.75 Å². The molecule has 0 unspecified atom stereocenters. The molecule has 3 N–H and O–H groups in total. The number of hydrogen-bond acceptors (Lipinski definition) is 4. The molecule has 1 aromatic rings. The van der Waals surface area contributed by atoms with Crippen LogP contribution in [0.25, 0.3) is 0 Å². The molecule has 0 saturated heterocycles. The van der Waals surface area contributed by atoms with Gasteiger partial charge in [0.2, 0.25) is 5.91 Å². The van der Waals surface area contributed by atoms with Crippen molar-refractivity contribution in [2.24, 2.45) is 0 Å². The lowest BCUT2D eigenvalue weighted by molar-refractivity contribution is -0.118. The number of hydrogen-bond donors (Lipinski definition) is 3. The van der Waals surface area contributed by atoms with Crippen LogP contribution in [0.15, 0.2) is 35.9 Å². The van der Waals surface area contributed by atoms with Crippen LogP contribution in [0.3, 0.4) is 0 Å². The molecule has 0 spiro atoms. The minimum absolute atomic E-state index is 0.0301. The number of anilines is 1. The lowest BCUT2D eigenvalue weighted by atomic mass is 9.97. The van der Waals surface area contributed by atoms with E-state index in [2.05, 4.69) is 26.8 Å². The van der Waals surface area contributed by atoms with Crippen molar-refractivity contribution in [3.8, 4) is 5.75 Å². The number of benzene rings is 1. The molecule has 142 valence electrons. The molecule has 6 nitrogen and oxygen atoms in total. The molecular weight excluding hydrogens is 344 g/mol. The summed E-state index contributed by atoms with van der Waals surface area (Å²) >= 11 is 0. The number of carbonyl (C=O) groups excluding carboxylic acids is 2. The summed E-state index contributed by atoms with van der Waals surface area (Å²) in [6.45, 7) is -2.51. The van der Waals surface area contributed by atoms with Crippen LogP contribution in [-0.2, 0) is 4.79 Å². The molecule has 3 amide bonds. The van der Waals surface area contributed by atoms with Gasteiger partial charge >= 0.3 is 12.6 Å². The Hall–Kier alpha value is -2.64. The minimum Gasteiger partial charge on any atom is -0.435 e. The molecule has 0 aliphatic heterocycles. The standard InChI is InChI=1S/C18H23F2N3O3/c19-17(20)26-15-8-6-14(7-9-15)22-12-16(24)23-18(25)21-11-10-13-4-2-1-3-5-13/h4,6-9,17,22H,1-3,5,10-12H2,(H2,21,23,24,25). The summed E-state index contributed by atoms with van der Waals surface area (Å²) in [7, 11) is 0. The summed E-state index contributed by atoms with van der Waals surface area (Å²) in [6, 6.07) is 5.19. The Morgan fingerprint density at radius 3 is 2.58 bits per heavy atom. The number of alkyl halides is 2. The van der Waals surface area contributed by atoms with Gasteiger partial charge in [-0.15, -0.1) is 0 Å². The molecule has 0 radical (unpaired) electrons. The first-order valence-corrected chi connectivity index (χ1v) is 8.57. The molecule has 1 aliphatic rings. The van der Waals surface area contributed by atoms with Crippen molar-refractivity contribution in [3.05, 3.63) is 35.9 Å². The van der Waals surface area contributed by atoms with E-state index >= 15 is 0 Å². The summed E-state index contributed by atoms with van der Waals surface area (Å²) in [6.07, 6.45) is 7.61. The molecule has 1 aliphatic carbocycles. The van der Waals surface area contributed by atoms with E-state index < -0.39 is 18.5 Å². The molecule has 0 aromatic heterocycles. The largest absolute Gasteiger partial charge is 0.435 e. The van der Waals surface area contributed by atoms with E-state index in [9.17, 15) is 18.4 Å². The predicted molar refractivity (Wildman–Crippen MR) is 94.3 cm³/mol. The number of urea groups is 1. The monoisotopic (exact) mass is 367 g/mol. The van der Waals surface area contributed by atoms with Gasteiger partial charge in [0.1, 0.15) is 5.75 Å². The third kappa shape index (κ3) is 7.50. The van der Waals surface area contributed by atoms with Crippen molar-refractivity contribution in [1.29, 1.82) is 0 Å². The molecular formula is C18H23F2N3O3. The summed E-state index contributed by atoms with van der Waals surface area (Å²) in [5.74, 6) is -0.463. The second kappa shape index (κ2) is 10.4. The van der Waals surface area contributed by atoms with Crippen molar-refractivity contribution < 1.29 is 23.1 Å². The molecule has 8 heteroatoms. The van der Waals surface area contributed by atoms with Crippen LogP contribution in [-0.4, -0.2) is 31.6 Å². The van der Waals surface area contributed by atoms with E-state index in [1.54, 1.807) is 0 Å². The lowest BCUT2D eigenvalue weighted by Gasteiger charge is -2.13. The van der Waals surface area contributed by atoms with Gasteiger partial charge in [-0.05, 0) is 56.4 Å². The highest BCUT2D eigenvalue weighted by molar-refractivity contribution is 5.96. The van der Waals surface area contributed by atoms with Crippen LogP contribution in [0.2, 0.25) is 0 Å². The van der Waals surface area contributed by atoms with E-state index in [-0.39, 0.29) is 12.3 Å². The maximum absolute atomic E-state index is 12.1. The number of allylic oxidation sites excluding steroid dienone is 1. The van der Waals surface area contributed by atoms with E-state index in [0.717, 1.165) is 19.3 Å². The average molecular weight is 367 g/mol. The van der Waals surface area contributed by atoms with Gasteiger partial charge < -0.3 is 15.4 Å². The number of halogens is 2. The normalized spacial score (nSPS) is 13.7. The fourth-order valence-electron chi connectivity index (χ4n) is 2.62. The van der Waals surface area contributed by atoms with Crippen molar-refractivity contribution in [2.75, 3.05) is 18.4 Å². The average Bonchev–Trinajstić information content (AvgIpc) is 2.61. The molecule has 0 saturated carbocycles. The summed E-state index contributed by atoms with van der Waals surface area (Å²) < 4.78 is 28.3. The van der Waals surface area contributed by atoms with Gasteiger partial charge in [-0.25, -0.2) is 4.79 Å². The zero-order chi connectivity index (χ0) is 18.8. The van der Waals surface area contributed by atoms with E-state index in [0.29, 0.717) is 12.2 Å². The minimum atomic E-state index is -2.88. The van der Waals surface area contributed by atoms with Gasteiger partial charge in [0.05, 0.1) is 6.54 Å². The van der Waals surface area contributed by atoms with Gasteiger partial charge in [0.15, 0.2) is 0 Å². The number of amides is 3. The molecule has 2 rings (SSSR count). The van der Waals surface area contributed by atoms with Crippen LogP contribution in [0.1, 0.15) is 32.1 Å². The topological polar surface area (TPSA) is 79.5 Å². The van der Waals surface area contributed by atoms with Crippen LogP contribution in [0, 0.1) is 0 Å². The van der Waals surface area contributed by atoms with Crippen molar-refractivity contribution in [3.63, 3.8) is 0 Å². The number of carbonyl (C=O) groups is 2. The predicted octanol–water partition coefficient (Wildman–Crippen LogP) is 3.42. The Labute approximate surface area is 151 Å². The third-order valence-electron chi connectivity index (χ3n) is 3.90. The molecule has 0 fully saturated rings. The van der Waals surface area contributed by atoms with E-state index in [4.69, 9.17) is 0 Å². The zero-order valence-electron chi connectivity index (χ0n) is 14.4. The van der Waals surface area contributed by atoms with Gasteiger partial charge in [-0.1, -0.05) is 11.6 Å². The van der Waals surface area contributed by atoms with Gasteiger partial charge in [-0.2, -0.15) is 8.78 Å². The summed E-state index contributed by atoms with van der Waals surface area (Å²) in [5.41, 5.74) is 1.90. The first kappa shape index (κ1) is 19.7. The fraction of sp³-hybridized carbons (Fsp3) is 0.444. The maximum Gasteiger partial charge on any atom is 0.387 e. The SMILES string of the molecule is O=C(CNc1ccc(OC(F)F)cc1)NC(=O)NCCC1=CCCCC1. The van der Waals surface area contributed by atoms with Crippen molar-refractivity contribution >= 4 is 17.6 Å². The molecule has 26 heavy (non-hydrogen) atoms. The Balaban J connectivity index is 1.63. The van der Waals surface area contributed by atoms with Crippen LogP contribution in [0.4, 0.5) is 19.3 Å². The second-order valence-electron chi connectivity index (χ2n) is 5.92. The second-order valence-corrected chi connectivity index (χ2v) is 5.92. The highest BCUT2D eigenvalue weighted by atomic mass is 19.3. The Morgan fingerprint density at radius 2 is 1.92 bits per heavy atom. The van der Waals surface area contributed by atoms with E-state index in [1.165, 1.54) is 42.7 Å². The van der Waals surface area contributed by atoms with Crippen LogP contribution >= 0.6 is 0 Å². The summed E-state index contributed by atoms with van der Waals surface area (Å²) in [5, 5.41) is 7.68. The third-order valence-corrected chi connectivity index (χ3v) is 3.90. The Kier molecular flexibility index (Phi) is 7.85. The first-order valence-electron chi connectivity index (χ1n) is 8.57. The smallest absolute Gasteiger partial charge is 0.387 e. The van der Waals surface area contributed by atoms with Gasteiger partial charge in [0, 0.05) is 12.2 Å². The van der Waals surface area contributed by atoms with Gasteiger partial charge in [-0.3, -0.25) is 10.1 Å². The van der Waals surface area contributed by atoms with Gasteiger partial charge in [0.25, 0.3) is 0 Å². The molecule has 0 heterocycles. The molecule has 0 atom stereocenters. The fourth-order valence-corrected chi connectivity index (χ4v) is 2.62. The maximum atomic E-state index is 12.1. The van der Waals surface area contributed by atoms with E-state index in [1.807, 2.05) is 0 Å². The first-order chi connectivity index (χ1) is 12.5. The highest BCUT2D eigenvalue weighted by Crippen LogP contribution is 2.19. The zero-order valence-corrected chi connectivity index (χ0v) is 14.4. The Morgan fingerprint density at radius 1 is 1.15 bits per heavy atom.